The Kier molecular flexibility index (Phi) is 5.29. The second-order valence-corrected chi connectivity index (χ2v) is 8.33. The van der Waals surface area contributed by atoms with Gasteiger partial charge in [0.2, 0.25) is 0 Å². The summed E-state index contributed by atoms with van der Waals surface area (Å²) in [6, 6.07) is 5.21. The number of piperazine rings is 1. The van der Waals surface area contributed by atoms with Gasteiger partial charge in [0.05, 0.1) is 4.70 Å². The third-order valence-corrected chi connectivity index (χ3v) is 7.21. The highest BCUT2D eigenvalue weighted by Crippen LogP contribution is 2.39. The maximum atomic E-state index is 12.1. The minimum atomic E-state index is -0.880. The number of thiophene rings is 1. The highest BCUT2D eigenvalue weighted by molar-refractivity contribution is 9.10. The fourth-order valence-corrected chi connectivity index (χ4v) is 5.40. The number of halogens is 1. The van der Waals surface area contributed by atoms with E-state index in [4.69, 9.17) is 9.62 Å². The van der Waals surface area contributed by atoms with Gasteiger partial charge in [-0.3, -0.25) is 10.0 Å². The molecule has 0 radical (unpaired) electrons. The summed E-state index contributed by atoms with van der Waals surface area (Å²) in [7, 11) is 0. The minimum absolute atomic E-state index is 0.223. The van der Waals surface area contributed by atoms with Crippen LogP contribution in [0.2, 0.25) is 0 Å². The molecule has 0 atom stereocenters. The van der Waals surface area contributed by atoms with Crippen LogP contribution in [0.25, 0.3) is 21.1 Å². The van der Waals surface area contributed by atoms with Gasteiger partial charge < -0.3 is 14.6 Å². The molecule has 0 aliphatic carbocycles. The number of hydrogen-bond donors (Lipinski definition) is 3. The Morgan fingerprint density at radius 1 is 1.37 bits per heavy atom. The molecule has 1 saturated heterocycles. The van der Waals surface area contributed by atoms with Crippen molar-refractivity contribution in [3.05, 3.63) is 43.5 Å². The number of amides is 1. The Morgan fingerprint density at radius 2 is 2.15 bits per heavy atom. The van der Waals surface area contributed by atoms with Gasteiger partial charge in [-0.2, -0.15) is 0 Å². The number of carbonyl (C=O) groups is 1. The quantitative estimate of drug-likeness (QED) is 0.320. The second-order valence-electron chi connectivity index (χ2n) is 6.43. The van der Waals surface area contributed by atoms with Gasteiger partial charge in [-0.05, 0) is 28.4 Å². The van der Waals surface area contributed by atoms with E-state index in [0.717, 1.165) is 53.7 Å². The van der Waals surface area contributed by atoms with Crippen molar-refractivity contribution < 1.29 is 14.4 Å². The third kappa shape index (κ3) is 3.53. The van der Waals surface area contributed by atoms with E-state index in [9.17, 15) is 9.59 Å². The molecule has 3 aromatic rings. The second kappa shape index (κ2) is 7.69. The van der Waals surface area contributed by atoms with Crippen LogP contribution in [0.15, 0.2) is 31.9 Å². The molecule has 1 aromatic carbocycles. The maximum absolute atomic E-state index is 12.1. The van der Waals surface area contributed by atoms with Crippen LogP contribution in [0.4, 0.5) is 0 Å². The molecule has 9 heteroatoms. The lowest BCUT2D eigenvalue weighted by Crippen LogP contribution is -2.44. The van der Waals surface area contributed by atoms with Crippen molar-refractivity contribution in [3.8, 4) is 0 Å². The first-order chi connectivity index (χ1) is 13.1. The van der Waals surface area contributed by atoms with Crippen molar-refractivity contribution in [1.82, 2.24) is 15.7 Å². The summed E-state index contributed by atoms with van der Waals surface area (Å²) in [5.41, 5.74) is 0.943. The van der Waals surface area contributed by atoms with E-state index in [1.54, 1.807) is 11.3 Å². The summed E-state index contributed by atoms with van der Waals surface area (Å²) in [6.07, 6.45) is 0.913. The van der Waals surface area contributed by atoms with Crippen LogP contribution in [0.1, 0.15) is 15.2 Å². The number of rotatable bonds is 4. The average molecular weight is 452 g/mol. The van der Waals surface area contributed by atoms with Crippen LogP contribution in [-0.4, -0.2) is 48.7 Å². The number of fused-ring (bicyclic) bond motifs is 3. The number of benzene rings is 1. The molecule has 0 saturated carbocycles. The molecule has 1 aliphatic rings. The standard InChI is InChI=1S/C18H18BrN3O4S/c19-14-11-2-1-10-9-12(17(23)21-25)18(24)26-15(10)16(11)27-13(14)3-6-22-7-4-20-5-8-22/h1-2,9,20,25H,3-8H2,(H,21,23). The first-order valence-corrected chi connectivity index (χ1v) is 10.2. The number of nitrogens with zero attached hydrogens (tertiary/aromatic N) is 1. The van der Waals surface area contributed by atoms with E-state index >= 15 is 0 Å². The van der Waals surface area contributed by atoms with Gasteiger partial charge in [-0.1, -0.05) is 12.1 Å². The molecule has 7 nitrogen and oxygen atoms in total. The predicted molar refractivity (Wildman–Crippen MR) is 108 cm³/mol. The zero-order valence-electron chi connectivity index (χ0n) is 14.4. The van der Waals surface area contributed by atoms with Crippen molar-refractivity contribution in [2.75, 3.05) is 32.7 Å². The summed E-state index contributed by atoms with van der Waals surface area (Å²) in [5.74, 6) is -0.880. The molecule has 3 N–H and O–H groups in total. The molecule has 3 heterocycles. The zero-order chi connectivity index (χ0) is 19.0. The molecule has 27 heavy (non-hydrogen) atoms. The van der Waals surface area contributed by atoms with Crippen LogP contribution >= 0.6 is 27.3 Å². The summed E-state index contributed by atoms with van der Waals surface area (Å²) >= 11 is 5.29. The zero-order valence-corrected chi connectivity index (χ0v) is 16.8. The van der Waals surface area contributed by atoms with Gasteiger partial charge in [0, 0.05) is 52.8 Å². The lowest BCUT2D eigenvalue weighted by molar-refractivity contribution is 0.0702. The third-order valence-electron chi connectivity index (χ3n) is 4.77. The number of nitrogens with one attached hydrogen (secondary N) is 2. The molecule has 0 bridgehead atoms. The predicted octanol–water partition coefficient (Wildman–Crippen LogP) is 2.34. The van der Waals surface area contributed by atoms with Crippen molar-refractivity contribution in [2.45, 2.75) is 6.42 Å². The van der Waals surface area contributed by atoms with Gasteiger partial charge in [-0.25, -0.2) is 10.3 Å². The molecule has 1 amide bonds. The van der Waals surface area contributed by atoms with Gasteiger partial charge in [0.1, 0.15) is 5.56 Å². The van der Waals surface area contributed by atoms with Crippen molar-refractivity contribution in [3.63, 3.8) is 0 Å². The van der Waals surface area contributed by atoms with Crippen molar-refractivity contribution in [1.29, 1.82) is 0 Å². The highest BCUT2D eigenvalue weighted by Gasteiger charge is 2.18. The van der Waals surface area contributed by atoms with Crippen LogP contribution in [0.5, 0.6) is 0 Å². The van der Waals surface area contributed by atoms with Gasteiger partial charge in [-0.15, -0.1) is 11.3 Å². The number of hydrogen-bond acceptors (Lipinski definition) is 7. The number of hydroxylamine groups is 1. The Hall–Kier alpha value is -1.78. The molecular formula is C18H18BrN3O4S. The Morgan fingerprint density at radius 3 is 2.89 bits per heavy atom. The van der Waals surface area contributed by atoms with E-state index in [0.29, 0.717) is 11.0 Å². The van der Waals surface area contributed by atoms with Crippen LogP contribution in [-0.2, 0) is 6.42 Å². The maximum Gasteiger partial charge on any atom is 0.349 e. The normalized spacial score (nSPS) is 15.5. The molecule has 0 unspecified atom stereocenters. The molecule has 0 spiro atoms. The van der Waals surface area contributed by atoms with E-state index in [2.05, 4.69) is 26.1 Å². The van der Waals surface area contributed by atoms with Gasteiger partial charge >= 0.3 is 5.63 Å². The van der Waals surface area contributed by atoms with Gasteiger partial charge in [0.15, 0.2) is 5.58 Å². The number of carbonyl (C=O) groups excluding carboxylic acids is 1. The summed E-state index contributed by atoms with van der Waals surface area (Å²) in [4.78, 5) is 27.4. The Balaban J connectivity index is 1.72. The molecule has 142 valence electrons. The molecular weight excluding hydrogens is 434 g/mol. The first kappa shape index (κ1) is 18.6. The molecule has 2 aromatic heterocycles. The Labute approximate surface area is 167 Å². The fourth-order valence-electron chi connectivity index (χ4n) is 3.32. The molecule has 1 fully saturated rings. The topological polar surface area (TPSA) is 94.8 Å². The van der Waals surface area contributed by atoms with E-state index in [1.807, 2.05) is 12.1 Å². The van der Waals surface area contributed by atoms with E-state index in [-0.39, 0.29) is 5.56 Å². The smallest absolute Gasteiger partial charge is 0.349 e. The van der Waals surface area contributed by atoms with Crippen molar-refractivity contribution >= 4 is 54.2 Å². The van der Waals surface area contributed by atoms with Crippen molar-refractivity contribution in [2.24, 2.45) is 0 Å². The van der Waals surface area contributed by atoms with Crippen LogP contribution in [0.3, 0.4) is 0 Å². The SMILES string of the molecule is O=C(NO)c1cc2ccc3c(Br)c(CCN4CCNCC4)sc3c2oc1=O. The van der Waals surface area contributed by atoms with Crippen LogP contribution < -0.4 is 16.4 Å². The fraction of sp³-hybridized carbons (Fsp3) is 0.333. The minimum Gasteiger partial charge on any atom is -0.421 e. The molecule has 4 rings (SSSR count). The molecule has 1 aliphatic heterocycles. The Bertz CT molecular complexity index is 1070. The first-order valence-electron chi connectivity index (χ1n) is 8.63. The van der Waals surface area contributed by atoms with E-state index < -0.39 is 11.5 Å². The van der Waals surface area contributed by atoms with Gasteiger partial charge in [0.25, 0.3) is 5.91 Å². The highest BCUT2D eigenvalue weighted by atomic mass is 79.9. The lowest BCUT2D eigenvalue weighted by atomic mass is 10.1. The van der Waals surface area contributed by atoms with Crippen LogP contribution in [0, 0.1) is 0 Å². The summed E-state index contributed by atoms with van der Waals surface area (Å²) < 4.78 is 7.34. The average Bonchev–Trinajstić information content (AvgIpc) is 3.02. The summed E-state index contributed by atoms with van der Waals surface area (Å²) in [5, 5.41) is 13.8. The largest absolute Gasteiger partial charge is 0.421 e. The summed E-state index contributed by atoms with van der Waals surface area (Å²) in [6.45, 7) is 5.13. The van der Waals surface area contributed by atoms with E-state index in [1.165, 1.54) is 16.4 Å². The lowest BCUT2D eigenvalue weighted by Gasteiger charge is -2.26. The monoisotopic (exact) mass is 451 g/mol.